The molecule has 0 spiro atoms. The van der Waals surface area contributed by atoms with Crippen molar-refractivity contribution in [2.24, 2.45) is 17.6 Å². The van der Waals surface area contributed by atoms with Crippen molar-refractivity contribution in [3.63, 3.8) is 0 Å². The highest BCUT2D eigenvalue weighted by Crippen LogP contribution is 2.14. The number of nitrogens with one attached hydrogen (secondary N) is 1. The normalized spacial score (nSPS) is 12.9. The van der Waals surface area contributed by atoms with Gasteiger partial charge in [0.15, 0.2) is 0 Å². The zero-order valence-corrected chi connectivity index (χ0v) is 9.04. The number of nitrogens with two attached hydrogens (primary N) is 1. The van der Waals surface area contributed by atoms with Gasteiger partial charge in [0.2, 0.25) is 11.0 Å². The van der Waals surface area contributed by atoms with Gasteiger partial charge in [0.1, 0.15) is 5.51 Å². The lowest BCUT2D eigenvalue weighted by molar-refractivity contribution is -0.120. The van der Waals surface area contributed by atoms with E-state index in [2.05, 4.69) is 15.5 Å². The predicted octanol–water partition coefficient (Wildman–Crippen LogP) is 0.708. The molecule has 1 unspecified atom stereocenters. The summed E-state index contributed by atoms with van der Waals surface area (Å²) in [7, 11) is 0. The lowest BCUT2D eigenvalue weighted by Crippen LogP contribution is -2.33. The maximum atomic E-state index is 11.6. The fourth-order valence-electron chi connectivity index (χ4n) is 1.11. The zero-order valence-electron chi connectivity index (χ0n) is 8.23. The van der Waals surface area contributed by atoms with Crippen molar-refractivity contribution in [2.45, 2.75) is 13.8 Å². The molecular formula is C8H14N4OS. The van der Waals surface area contributed by atoms with Crippen LogP contribution in [0.2, 0.25) is 0 Å². The molecule has 1 aromatic heterocycles. The number of amides is 1. The summed E-state index contributed by atoms with van der Waals surface area (Å²) in [5, 5.41) is 10.6. The summed E-state index contributed by atoms with van der Waals surface area (Å²) in [6, 6.07) is 0. The van der Waals surface area contributed by atoms with Gasteiger partial charge in [-0.15, -0.1) is 10.2 Å². The number of carbonyl (C=O) groups is 1. The minimum Gasteiger partial charge on any atom is -0.330 e. The van der Waals surface area contributed by atoms with Crippen LogP contribution in [-0.2, 0) is 4.79 Å². The average molecular weight is 214 g/mol. The van der Waals surface area contributed by atoms with Gasteiger partial charge in [0, 0.05) is 6.54 Å². The molecule has 0 fully saturated rings. The second kappa shape index (κ2) is 5.02. The number of hydrogen-bond acceptors (Lipinski definition) is 5. The molecule has 0 aliphatic rings. The molecule has 6 heteroatoms. The third-order valence-electron chi connectivity index (χ3n) is 1.99. The number of carbonyl (C=O) groups excluding carboxylic acids is 1. The van der Waals surface area contributed by atoms with Crippen LogP contribution in [0.5, 0.6) is 0 Å². The number of hydrogen-bond donors (Lipinski definition) is 2. The van der Waals surface area contributed by atoms with Crippen molar-refractivity contribution in [1.82, 2.24) is 10.2 Å². The van der Waals surface area contributed by atoms with Gasteiger partial charge in [0.25, 0.3) is 0 Å². The first kappa shape index (κ1) is 11.1. The van der Waals surface area contributed by atoms with E-state index in [1.807, 2.05) is 13.8 Å². The topological polar surface area (TPSA) is 80.9 Å². The van der Waals surface area contributed by atoms with E-state index < -0.39 is 0 Å². The van der Waals surface area contributed by atoms with Crippen LogP contribution in [0, 0.1) is 11.8 Å². The predicted molar refractivity (Wildman–Crippen MR) is 55.9 cm³/mol. The van der Waals surface area contributed by atoms with Gasteiger partial charge < -0.3 is 11.1 Å². The van der Waals surface area contributed by atoms with Crippen LogP contribution in [0.1, 0.15) is 13.8 Å². The Kier molecular flexibility index (Phi) is 3.97. The van der Waals surface area contributed by atoms with E-state index in [0.717, 1.165) is 0 Å². The van der Waals surface area contributed by atoms with E-state index in [1.54, 1.807) is 5.51 Å². The summed E-state index contributed by atoms with van der Waals surface area (Å²) >= 11 is 1.30. The largest absolute Gasteiger partial charge is 0.330 e. The van der Waals surface area contributed by atoms with E-state index in [4.69, 9.17) is 5.73 Å². The summed E-state index contributed by atoms with van der Waals surface area (Å²) in [6.07, 6.45) is 0. The van der Waals surface area contributed by atoms with Crippen LogP contribution in [0.15, 0.2) is 5.51 Å². The average Bonchev–Trinajstić information content (AvgIpc) is 2.57. The minimum atomic E-state index is -0.168. The molecule has 0 saturated carbocycles. The van der Waals surface area contributed by atoms with Crippen molar-refractivity contribution in [3.05, 3.63) is 5.51 Å². The van der Waals surface area contributed by atoms with E-state index >= 15 is 0 Å². The van der Waals surface area contributed by atoms with Crippen molar-refractivity contribution in [1.29, 1.82) is 0 Å². The maximum absolute atomic E-state index is 11.6. The smallest absolute Gasteiger partial charge is 0.230 e. The van der Waals surface area contributed by atoms with Crippen molar-refractivity contribution >= 4 is 22.4 Å². The summed E-state index contributed by atoms with van der Waals surface area (Å²) in [6.45, 7) is 4.29. The van der Waals surface area contributed by atoms with Gasteiger partial charge in [-0.05, 0) is 5.92 Å². The Hall–Kier alpha value is -1.01. The highest BCUT2D eigenvalue weighted by Gasteiger charge is 2.21. The zero-order chi connectivity index (χ0) is 10.6. The highest BCUT2D eigenvalue weighted by molar-refractivity contribution is 7.13. The molecule has 0 aliphatic carbocycles. The third-order valence-corrected chi connectivity index (χ3v) is 2.59. The lowest BCUT2D eigenvalue weighted by atomic mass is 9.95. The molecule has 0 aromatic carbocycles. The highest BCUT2D eigenvalue weighted by atomic mass is 32.1. The number of nitrogens with zero attached hydrogens (tertiary/aromatic N) is 2. The van der Waals surface area contributed by atoms with E-state index in [0.29, 0.717) is 11.7 Å². The molecule has 1 atom stereocenters. The van der Waals surface area contributed by atoms with Gasteiger partial charge in [0.05, 0.1) is 5.92 Å². The van der Waals surface area contributed by atoms with Crippen LogP contribution in [-0.4, -0.2) is 22.6 Å². The molecule has 1 amide bonds. The van der Waals surface area contributed by atoms with Crippen LogP contribution in [0.25, 0.3) is 0 Å². The second-order valence-corrected chi connectivity index (χ2v) is 4.15. The van der Waals surface area contributed by atoms with Crippen molar-refractivity contribution in [2.75, 3.05) is 11.9 Å². The molecule has 1 aromatic rings. The lowest BCUT2D eigenvalue weighted by Gasteiger charge is -2.16. The number of anilines is 1. The molecule has 1 heterocycles. The standard InChI is InChI=1S/C8H14N4OS/c1-5(2)6(3-9)7(13)11-8-12-10-4-14-8/h4-6H,3,9H2,1-2H3,(H,11,12,13). The Labute approximate surface area is 86.7 Å². The van der Waals surface area contributed by atoms with E-state index in [1.165, 1.54) is 11.3 Å². The molecular weight excluding hydrogens is 200 g/mol. The molecule has 14 heavy (non-hydrogen) atoms. The van der Waals surface area contributed by atoms with Crippen LogP contribution >= 0.6 is 11.3 Å². The van der Waals surface area contributed by atoms with Crippen molar-refractivity contribution < 1.29 is 4.79 Å². The molecule has 0 radical (unpaired) electrons. The first-order valence-corrected chi connectivity index (χ1v) is 5.30. The van der Waals surface area contributed by atoms with Crippen molar-refractivity contribution in [3.8, 4) is 0 Å². The van der Waals surface area contributed by atoms with Crippen LogP contribution < -0.4 is 11.1 Å². The van der Waals surface area contributed by atoms with Gasteiger partial charge in [-0.1, -0.05) is 25.2 Å². The summed E-state index contributed by atoms with van der Waals surface area (Å²) in [5.74, 6) is -0.0222. The Bertz CT molecular complexity index is 286. The third kappa shape index (κ3) is 2.74. The summed E-state index contributed by atoms with van der Waals surface area (Å²) in [4.78, 5) is 11.6. The van der Waals surface area contributed by atoms with Crippen LogP contribution in [0.3, 0.4) is 0 Å². The summed E-state index contributed by atoms with van der Waals surface area (Å²) < 4.78 is 0. The van der Waals surface area contributed by atoms with E-state index in [9.17, 15) is 4.79 Å². The van der Waals surface area contributed by atoms with Crippen LogP contribution in [0.4, 0.5) is 5.13 Å². The SMILES string of the molecule is CC(C)C(CN)C(=O)Nc1nncs1. The summed E-state index contributed by atoms with van der Waals surface area (Å²) in [5.41, 5.74) is 7.08. The fourth-order valence-corrected chi connectivity index (χ4v) is 1.56. The Morgan fingerprint density at radius 3 is 2.86 bits per heavy atom. The quantitative estimate of drug-likeness (QED) is 0.773. The van der Waals surface area contributed by atoms with Gasteiger partial charge in [-0.2, -0.15) is 0 Å². The minimum absolute atomic E-state index is 0.0840. The van der Waals surface area contributed by atoms with Gasteiger partial charge in [-0.25, -0.2) is 0 Å². The molecule has 0 saturated heterocycles. The Morgan fingerprint density at radius 2 is 2.43 bits per heavy atom. The molecule has 78 valence electrons. The molecule has 3 N–H and O–H groups in total. The molecule has 5 nitrogen and oxygen atoms in total. The Morgan fingerprint density at radius 1 is 1.71 bits per heavy atom. The van der Waals surface area contributed by atoms with E-state index in [-0.39, 0.29) is 17.7 Å². The second-order valence-electron chi connectivity index (χ2n) is 3.32. The first-order valence-electron chi connectivity index (χ1n) is 4.42. The maximum Gasteiger partial charge on any atom is 0.230 e. The monoisotopic (exact) mass is 214 g/mol. The fraction of sp³-hybridized carbons (Fsp3) is 0.625. The number of aromatic nitrogens is 2. The molecule has 0 aliphatic heterocycles. The van der Waals surface area contributed by atoms with Gasteiger partial charge in [-0.3, -0.25) is 4.79 Å². The first-order chi connectivity index (χ1) is 6.65. The van der Waals surface area contributed by atoms with Gasteiger partial charge >= 0.3 is 0 Å². The molecule has 1 rings (SSSR count). The Balaban J connectivity index is 2.56. The number of rotatable bonds is 4. The molecule has 0 bridgehead atoms.